The second-order valence-corrected chi connectivity index (χ2v) is 5.96. The Balaban J connectivity index is 1.74. The van der Waals surface area contributed by atoms with Gasteiger partial charge >= 0.3 is 11.9 Å². The van der Waals surface area contributed by atoms with Crippen LogP contribution in [0, 0.1) is 0 Å². The SMILES string of the molecule is COC(=O)c1cn([C@@H]2CCCC[C@H]2OC(=O)c2cscn2)nn1. The summed E-state index contributed by atoms with van der Waals surface area (Å²) in [6.45, 7) is 0. The molecule has 8 nitrogen and oxygen atoms in total. The Bertz CT molecular complexity index is 685. The number of rotatable bonds is 4. The summed E-state index contributed by atoms with van der Waals surface area (Å²) in [5, 5.41) is 9.46. The van der Waals surface area contributed by atoms with Crippen molar-refractivity contribution in [2.45, 2.75) is 37.8 Å². The fourth-order valence-corrected chi connectivity index (χ4v) is 3.19. The van der Waals surface area contributed by atoms with Crippen molar-refractivity contribution in [3.63, 3.8) is 0 Å². The minimum atomic E-state index is -0.539. The Morgan fingerprint density at radius 2 is 2.09 bits per heavy atom. The molecular formula is C14H16N4O4S. The van der Waals surface area contributed by atoms with Gasteiger partial charge in [-0.05, 0) is 19.3 Å². The molecule has 0 unspecified atom stereocenters. The molecule has 2 atom stereocenters. The average Bonchev–Trinajstić information content (AvgIpc) is 3.26. The van der Waals surface area contributed by atoms with Gasteiger partial charge < -0.3 is 9.47 Å². The van der Waals surface area contributed by atoms with Gasteiger partial charge in [0.1, 0.15) is 6.10 Å². The Hall–Kier alpha value is -2.29. The highest BCUT2D eigenvalue weighted by atomic mass is 32.1. The molecule has 9 heteroatoms. The monoisotopic (exact) mass is 336 g/mol. The van der Waals surface area contributed by atoms with E-state index in [0.717, 1.165) is 25.7 Å². The van der Waals surface area contributed by atoms with Crippen LogP contribution in [-0.2, 0) is 9.47 Å². The van der Waals surface area contributed by atoms with Crippen LogP contribution in [0.1, 0.15) is 52.7 Å². The molecule has 122 valence electrons. The van der Waals surface area contributed by atoms with E-state index in [-0.39, 0.29) is 17.8 Å². The molecule has 1 saturated carbocycles. The van der Waals surface area contributed by atoms with Crippen LogP contribution in [0.25, 0.3) is 0 Å². The molecule has 0 aromatic carbocycles. The predicted octanol–water partition coefficient (Wildman–Crippen LogP) is 1.86. The maximum atomic E-state index is 12.1. The van der Waals surface area contributed by atoms with Gasteiger partial charge in [0.25, 0.3) is 0 Å². The van der Waals surface area contributed by atoms with E-state index in [1.165, 1.54) is 24.6 Å². The number of nitrogens with zero attached hydrogens (tertiary/aromatic N) is 4. The minimum absolute atomic E-state index is 0.141. The first kappa shape index (κ1) is 15.6. The maximum Gasteiger partial charge on any atom is 0.360 e. The van der Waals surface area contributed by atoms with E-state index in [1.54, 1.807) is 15.6 Å². The zero-order valence-corrected chi connectivity index (χ0v) is 13.4. The number of aromatic nitrogens is 4. The first-order valence-electron chi connectivity index (χ1n) is 7.28. The second-order valence-electron chi connectivity index (χ2n) is 5.24. The molecule has 3 rings (SSSR count). The van der Waals surface area contributed by atoms with E-state index >= 15 is 0 Å². The van der Waals surface area contributed by atoms with Crippen molar-refractivity contribution in [1.29, 1.82) is 0 Å². The summed E-state index contributed by atoms with van der Waals surface area (Å²) in [5.74, 6) is -0.973. The van der Waals surface area contributed by atoms with Gasteiger partial charge in [-0.2, -0.15) is 0 Å². The van der Waals surface area contributed by atoms with Crippen LogP contribution in [0.4, 0.5) is 0 Å². The number of esters is 2. The minimum Gasteiger partial charge on any atom is -0.464 e. The summed E-state index contributed by atoms with van der Waals surface area (Å²) in [7, 11) is 1.29. The standard InChI is InChI=1S/C14H16N4O4S/c1-21-13(19)9-6-18(17-16-9)11-4-2-3-5-12(11)22-14(20)10-7-23-8-15-10/h6-8,11-12H,2-5H2,1H3/t11-,12-/m1/s1. The molecule has 23 heavy (non-hydrogen) atoms. The largest absolute Gasteiger partial charge is 0.464 e. The van der Waals surface area contributed by atoms with E-state index in [1.807, 2.05) is 0 Å². The van der Waals surface area contributed by atoms with Gasteiger partial charge in [-0.25, -0.2) is 19.3 Å². The lowest BCUT2D eigenvalue weighted by Crippen LogP contribution is -2.32. The van der Waals surface area contributed by atoms with Crippen molar-refractivity contribution in [2.75, 3.05) is 7.11 Å². The van der Waals surface area contributed by atoms with Crippen molar-refractivity contribution in [2.24, 2.45) is 0 Å². The van der Waals surface area contributed by atoms with E-state index < -0.39 is 11.9 Å². The van der Waals surface area contributed by atoms with Crippen molar-refractivity contribution >= 4 is 23.3 Å². The summed E-state index contributed by atoms with van der Waals surface area (Å²) in [5.41, 5.74) is 2.05. The average molecular weight is 336 g/mol. The molecular weight excluding hydrogens is 320 g/mol. The highest BCUT2D eigenvalue weighted by Gasteiger charge is 2.32. The molecule has 0 N–H and O–H groups in total. The zero-order chi connectivity index (χ0) is 16.2. The van der Waals surface area contributed by atoms with Crippen LogP contribution in [0.2, 0.25) is 0 Å². The number of carbonyl (C=O) groups is 2. The summed E-state index contributed by atoms with van der Waals surface area (Å²) in [6, 6.07) is -0.141. The van der Waals surface area contributed by atoms with Gasteiger partial charge in [0.05, 0.1) is 24.9 Å². The van der Waals surface area contributed by atoms with Gasteiger partial charge in [-0.15, -0.1) is 16.4 Å². The van der Waals surface area contributed by atoms with Crippen LogP contribution in [0.15, 0.2) is 17.1 Å². The second kappa shape index (κ2) is 6.86. The van der Waals surface area contributed by atoms with Gasteiger partial charge in [0.15, 0.2) is 11.4 Å². The summed E-state index contributed by atoms with van der Waals surface area (Å²) in [4.78, 5) is 27.6. The molecule has 1 aliphatic rings. The van der Waals surface area contributed by atoms with Crippen LogP contribution < -0.4 is 0 Å². The van der Waals surface area contributed by atoms with Gasteiger partial charge in [-0.1, -0.05) is 11.6 Å². The number of hydrogen-bond donors (Lipinski definition) is 0. The molecule has 1 aliphatic carbocycles. The first-order chi connectivity index (χ1) is 11.2. The first-order valence-corrected chi connectivity index (χ1v) is 8.22. The highest BCUT2D eigenvalue weighted by molar-refractivity contribution is 7.07. The van der Waals surface area contributed by atoms with E-state index in [2.05, 4.69) is 20.0 Å². The molecule has 0 radical (unpaired) electrons. The predicted molar refractivity (Wildman–Crippen MR) is 80.2 cm³/mol. The van der Waals surface area contributed by atoms with Crippen molar-refractivity contribution in [1.82, 2.24) is 20.0 Å². The van der Waals surface area contributed by atoms with Gasteiger partial charge in [0, 0.05) is 5.38 Å². The van der Waals surface area contributed by atoms with Crippen LogP contribution in [-0.4, -0.2) is 45.1 Å². The lowest BCUT2D eigenvalue weighted by Gasteiger charge is -2.30. The molecule has 0 aliphatic heterocycles. The van der Waals surface area contributed by atoms with Crippen LogP contribution in [0.3, 0.4) is 0 Å². The molecule has 0 spiro atoms. The quantitative estimate of drug-likeness (QED) is 0.786. The summed E-state index contributed by atoms with van der Waals surface area (Å²) >= 11 is 1.35. The Labute approximate surface area is 136 Å². The number of thiazole rings is 1. The third-order valence-corrected chi connectivity index (χ3v) is 4.40. The summed E-state index contributed by atoms with van der Waals surface area (Å²) in [6.07, 6.45) is 4.75. The smallest absolute Gasteiger partial charge is 0.360 e. The van der Waals surface area contributed by atoms with Gasteiger partial charge in [0.2, 0.25) is 0 Å². The molecule has 2 heterocycles. The van der Waals surface area contributed by atoms with Gasteiger partial charge in [-0.3, -0.25) is 0 Å². The normalized spacial score (nSPS) is 20.9. The zero-order valence-electron chi connectivity index (χ0n) is 12.5. The van der Waals surface area contributed by atoms with Crippen molar-refractivity contribution < 1.29 is 19.1 Å². The van der Waals surface area contributed by atoms with Crippen molar-refractivity contribution in [3.05, 3.63) is 28.5 Å². The lowest BCUT2D eigenvalue weighted by molar-refractivity contribution is 0.00122. The van der Waals surface area contributed by atoms with Crippen LogP contribution in [0.5, 0.6) is 0 Å². The fourth-order valence-electron chi connectivity index (χ4n) is 2.67. The Kier molecular flexibility index (Phi) is 4.65. The fraction of sp³-hybridized carbons (Fsp3) is 0.500. The number of hydrogen-bond acceptors (Lipinski definition) is 8. The Morgan fingerprint density at radius 3 is 2.83 bits per heavy atom. The summed E-state index contributed by atoms with van der Waals surface area (Å²) < 4.78 is 11.8. The Morgan fingerprint density at radius 1 is 1.26 bits per heavy atom. The molecule has 2 aromatic heterocycles. The van der Waals surface area contributed by atoms with Crippen LogP contribution >= 0.6 is 11.3 Å². The third-order valence-electron chi connectivity index (χ3n) is 3.81. The number of carbonyl (C=O) groups excluding carboxylic acids is 2. The molecule has 1 fully saturated rings. The molecule has 2 aromatic rings. The molecule has 0 amide bonds. The molecule has 0 saturated heterocycles. The third kappa shape index (κ3) is 3.39. The highest BCUT2D eigenvalue weighted by Crippen LogP contribution is 2.31. The van der Waals surface area contributed by atoms with E-state index in [9.17, 15) is 9.59 Å². The molecule has 0 bridgehead atoms. The topological polar surface area (TPSA) is 96.2 Å². The van der Waals surface area contributed by atoms with E-state index in [4.69, 9.17) is 4.74 Å². The van der Waals surface area contributed by atoms with E-state index in [0.29, 0.717) is 5.69 Å². The lowest BCUT2D eigenvalue weighted by atomic mass is 9.92. The number of methoxy groups -OCH3 is 1. The van der Waals surface area contributed by atoms with Crippen molar-refractivity contribution in [3.8, 4) is 0 Å². The number of ether oxygens (including phenoxy) is 2. The maximum absolute atomic E-state index is 12.1.